The summed E-state index contributed by atoms with van der Waals surface area (Å²) in [6, 6.07) is 18.8. The number of halogens is 1. The number of aromatic carboxylic acids is 1. The van der Waals surface area contributed by atoms with E-state index in [4.69, 9.17) is 21.4 Å². The van der Waals surface area contributed by atoms with E-state index in [9.17, 15) is 9.59 Å². The number of carbonyl (C=O) groups excluding carboxylic acids is 1. The number of nitrogens with zero attached hydrogens (tertiary/aromatic N) is 1. The number of carboxylic acids is 1. The van der Waals surface area contributed by atoms with E-state index in [0.29, 0.717) is 27.6 Å². The van der Waals surface area contributed by atoms with E-state index in [1.165, 1.54) is 12.1 Å². The van der Waals surface area contributed by atoms with Crippen LogP contribution in [-0.2, 0) is 6.54 Å². The smallest absolute Gasteiger partial charge is 0.335 e. The number of aromatic nitrogens is 1. The largest absolute Gasteiger partial charge is 0.478 e. The van der Waals surface area contributed by atoms with Crippen LogP contribution < -0.4 is 4.74 Å². The molecule has 0 atom stereocenters. The third-order valence-electron chi connectivity index (χ3n) is 5.29. The first-order chi connectivity index (χ1) is 15.5. The molecular formula is C26H22ClNO4. The Hall–Kier alpha value is -3.57. The Labute approximate surface area is 190 Å². The topological polar surface area (TPSA) is 68.5 Å². The molecule has 0 aliphatic heterocycles. The van der Waals surface area contributed by atoms with Crippen molar-refractivity contribution in [1.82, 2.24) is 4.57 Å². The molecule has 162 valence electrons. The fourth-order valence-electron chi connectivity index (χ4n) is 3.59. The number of benzene rings is 3. The standard InChI is InChI=1S/C26H22ClNO4/c1-2-3-14-28-16-23(25(29)17-4-6-18(7-5-17)26(30)31)22-15-21(12-13-24(22)28)32-20-10-8-19(27)9-11-20/h4-13,15-16H,2-3,14H2,1H3,(H,30,31). The van der Waals surface area contributed by atoms with Gasteiger partial charge in [0.25, 0.3) is 0 Å². The highest BCUT2D eigenvalue weighted by molar-refractivity contribution is 6.30. The third kappa shape index (κ3) is 4.53. The van der Waals surface area contributed by atoms with Crippen molar-refractivity contribution in [2.24, 2.45) is 0 Å². The first-order valence-electron chi connectivity index (χ1n) is 10.4. The van der Waals surface area contributed by atoms with Crippen LogP contribution in [-0.4, -0.2) is 21.4 Å². The number of carbonyl (C=O) groups is 2. The number of unbranched alkanes of at least 4 members (excludes halogenated alkanes) is 1. The molecule has 0 saturated carbocycles. The van der Waals surface area contributed by atoms with Gasteiger partial charge >= 0.3 is 5.97 Å². The zero-order valence-electron chi connectivity index (χ0n) is 17.5. The molecule has 0 spiro atoms. The zero-order valence-corrected chi connectivity index (χ0v) is 18.3. The maximum atomic E-state index is 13.3. The lowest BCUT2D eigenvalue weighted by Gasteiger charge is -2.08. The quantitative estimate of drug-likeness (QED) is 0.301. The number of fused-ring (bicyclic) bond motifs is 1. The number of hydrogen-bond acceptors (Lipinski definition) is 3. The molecule has 1 heterocycles. The van der Waals surface area contributed by atoms with Gasteiger partial charge in [0.05, 0.1) is 5.56 Å². The monoisotopic (exact) mass is 447 g/mol. The van der Waals surface area contributed by atoms with Crippen LogP contribution in [0.4, 0.5) is 0 Å². The second-order valence-corrected chi connectivity index (χ2v) is 7.97. The lowest BCUT2D eigenvalue weighted by molar-refractivity contribution is 0.0696. The number of carboxylic acid groups (broad SMARTS) is 1. The highest BCUT2D eigenvalue weighted by Crippen LogP contribution is 2.31. The predicted octanol–water partition coefficient (Wildman–Crippen LogP) is 6.82. The van der Waals surface area contributed by atoms with Gasteiger partial charge in [0.2, 0.25) is 0 Å². The van der Waals surface area contributed by atoms with Crippen LogP contribution in [0.5, 0.6) is 11.5 Å². The number of hydrogen-bond donors (Lipinski definition) is 1. The zero-order chi connectivity index (χ0) is 22.7. The maximum absolute atomic E-state index is 13.3. The van der Waals surface area contributed by atoms with E-state index in [-0.39, 0.29) is 11.3 Å². The number of rotatable bonds is 8. The van der Waals surface area contributed by atoms with Crippen molar-refractivity contribution in [2.75, 3.05) is 0 Å². The molecule has 5 nitrogen and oxygen atoms in total. The van der Waals surface area contributed by atoms with Crippen LogP contribution in [0.3, 0.4) is 0 Å². The number of aryl methyl sites for hydroxylation is 1. The molecule has 4 rings (SSSR count). The molecular weight excluding hydrogens is 426 g/mol. The summed E-state index contributed by atoms with van der Waals surface area (Å²) in [7, 11) is 0. The molecule has 0 bridgehead atoms. The molecule has 3 aromatic carbocycles. The van der Waals surface area contributed by atoms with Gasteiger partial charge in [-0.2, -0.15) is 0 Å². The van der Waals surface area contributed by atoms with Crippen molar-refractivity contribution in [3.63, 3.8) is 0 Å². The Kier molecular flexibility index (Phi) is 6.28. The molecule has 0 unspecified atom stereocenters. The highest BCUT2D eigenvalue weighted by atomic mass is 35.5. The Bertz CT molecular complexity index is 1270. The van der Waals surface area contributed by atoms with Crippen molar-refractivity contribution >= 4 is 34.3 Å². The van der Waals surface area contributed by atoms with Gasteiger partial charge in [-0.3, -0.25) is 4.79 Å². The fraction of sp³-hybridized carbons (Fsp3) is 0.154. The number of ether oxygens (including phenoxy) is 1. The number of ketones is 1. The van der Waals surface area contributed by atoms with Gasteiger partial charge in [-0.15, -0.1) is 0 Å². The van der Waals surface area contributed by atoms with E-state index in [1.807, 2.05) is 24.4 Å². The van der Waals surface area contributed by atoms with Crippen LogP contribution >= 0.6 is 11.6 Å². The summed E-state index contributed by atoms with van der Waals surface area (Å²) in [5, 5.41) is 10.5. The molecule has 32 heavy (non-hydrogen) atoms. The second kappa shape index (κ2) is 9.28. The lowest BCUT2D eigenvalue weighted by atomic mass is 10.0. The first-order valence-corrected chi connectivity index (χ1v) is 10.8. The summed E-state index contributed by atoms with van der Waals surface area (Å²) in [6.45, 7) is 2.93. The van der Waals surface area contributed by atoms with Crippen molar-refractivity contribution in [3.8, 4) is 11.5 Å². The van der Waals surface area contributed by atoms with Crippen LogP contribution in [0.25, 0.3) is 10.9 Å². The summed E-state index contributed by atoms with van der Waals surface area (Å²) in [5.41, 5.74) is 2.09. The van der Waals surface area contributed by atoms with E-state index in [2.05, 4.69) is 11.5 Å². The van der Waals surface area contributed by atoms with E-state index >= 15 is 0 Å². The van der Waals surface area contributed by atoms with Gasteiger partial charge in [-0.05, 0) is 61.0 Å². The average Bonchev–Trinajstić information content (AvgIpc) is 3.16. The molecule has 0 fully saturated rings. The average molecular weight is 448 g/mol. The molecule has 6 heteroatoms. The second-order valence-electron chi connectivity index (χ2n) is 7.54. The molecule has 0 amide bonds. The minimum Gasteiger partial charge on any atom is -0.478 e. The van der Waals surface area contributed by atoms with Crippen molar-refractivity contribution in [3.05, 3.63) is 94.6 Å². The van der Waals surface area contributed by atoms with Crippen LogP contribution in [0.2, 0.25) is 5.02 Å². The van der Waals surface area contributed by atoms with Gasteiger partial charge in [-0.25, -0.2) is 4.79 Å². The minimum absolute atomic E-state index is 0.144. The van der Waals surface area contributed by atoms with Crippen molar-refractivity contribution in [2.45, 2.75) is 26.3 Å². The lowest BCUT2D eigenvalue weighted by Crippen LogP contribution is -2.03. The molecule has 4 aromatic rings. The van der Waals surface area contributed by atoms with Gasteiger partial charge in [-0.1, -0.05) is 37.1 Å². The minimum atomic E-state index is -1.02. The Morgan fingerprint density at radius 1 is 0.938 bits per heavy atom. The molecule has 0 radical (unpaired) electrons. The van der Waals surface area contributed by atoms with E-state index < -0.39 is 5.97 Å². The summed E-state index contributed by atoms with van der Waals surface area (Å²) in [5.74, 6) is 0.0784. The summed E-state index contributed by atoms with van der Waals surface area (Å²) in [6.07, 6.45) is 3.91. The van der Waals surface area contributed by atoms with E-state index in [0.717, 1.165) is 30.3 Å². The van der Waals surface area contributed by atoms with Crippen LogP contribution in [0.1, 0.15) is 46.0 Å². The summed E-state index contributed by atoms with van der Waals surface area (Å²) < 4.78 is 8.06. The normalized spacial score (nSPS) is 10.9. The summed E-state index contributed by atoms with van der Waals surface area (Å²) >= 11 is 5.95. The molecule has 0 aliphatic carbocycles. The third-order valence-corrected chi connectivity index (χ3v) is 5.55. The molecule has 0 aliphatic rings. The maximum Gasteiger partial charge on any atom is 0.335 e. The van der Waals surface area contributed by atoms with Crippen LogP contribution in [0.15, 0.2) is 72.9 Å². The fourth-order valence-corrected chi connectivity index (χ4v) is 3.72. The van der Waals surface area contributed by atoms with Gasteiger partial charge in [0.1, 0.15) is 11.5 Å². The van der Waals surface area contributed by atoms with Gasteiger partial charge in [0.15, 0.2) is 5.78 Å². The Balaban J connectivity index is 1.74. The first kappa shape index (κ1) is 21.7. The molecule has 0 saturated heterocycles. The van der Waals surface area contributed by atoms with Gasteiger partial charge in [0, 0.05) is 39.8 Å². The summed E-state index contributed by atoms with van der Waals surface area (Å²) in [4.78, 5) is 24.4. The van der Waals surface area contributed by atoms with Crippen LogP contribution in [0, 0.1) is 0 Å². The van der Waals surface area contributed by atoms with Gasteiger partial charge < -0.3 is 14.4 Å². The molecule has 1 N–H and O–H groups in total. The SMILES string of the molecule is CCCCn1cc(C(=O)c2ccc(C(=O)O)cc2)c2cc(Oc3ccc(Cl)cc3)ccc21. The molecule has 1 aromatic heterocycles. The highest BCUT2D eigenvalue weighted by Gasteiger charge is 2.18. The van der Waals surface area contributed by atoms with Crippen molar-refractivity contribution in [1.29, 1.82) is 0 Å². The Morgan fingerprint density at radius 3 is 2.25 bits per heavy atom. The Morgan fingerprint density at radius 2 is 1.59 bits per heavy atom. The van der Waals surface area contributed by atoms with E-state index in [1.54, 1.807) is 36.4 Å². The van der Waals surface area contributed by atoms with Crippen molar-refractivity contribution < 1.29 is 19.4 Å². The predicted molar refractivity (Wildman–Crippen MR) is 125 cm³/mol.